The van der Waals surface area contributed by atoms with Crippen molar-refractivity contribution in [3.63, 3.8) is 0 Å². The number of benzene rings is 1. The van der Waals surface area contributed by atoms with E-state index in [2.05, 4.69) is 10.2 Å². The Balaban J connectivity index is 1.43. The second kappa shape index (κ2) is 7.37. The Morgan fingerprint density at radius 2 is 1.96 bits per heavy atom. The molecule has 4 rings (SSSR count). The van der Waals surface area contributed by atoms with Crippen molar-refractivity contribution < 1.29 is 13.6 Å². The van der Waals surface area contributed by atoms with Crippen LogP contribution in [-0.4, -0.2) is 47.9 Å². The van der Waals surface area contributed by atoms with Crippen LogP contribution in [0.3, 0.4) is 0 Å². The molecule has 10 heteroatoms. The second-order valence-corrected chi connectivity index (χ2v) is 6.53. The van der Waals surface area contributed by atoms with Gasteiger partial charge in [0.2, 0.25) is 5.91 Å². The maximum atomic E-state index is 12.6. The van der Waals surface area contributed by atoms with E-state index in [1.807, 2.05) is 36.5 Å². The first-order valence-electron chi connectivity index (χ1n) is 8.82. The summed E-state index contributed by atoms with van der Waals surface area (Å²) >= 11 is 0. The molecular formula is C18H18F2N6O2. The molecule has 1 aliphatic rings. The lowest BCUT2D eigenvalue weighted by Crippen LogP contribution is -2.41. The molecule has 0 N–H and O–H groups in total. The molecule has 1 aliphatic heterocycles. The summed E-state index contributed by atoms with van der Waals surface area (Å²) < 4.78 is 28.9. The second-order valence-electron chi connectivity index (χ2n) is 6.53. The van der Waals surface area contributed by atoms with Crippen LogP contribution in [0.15, 0.2) is 47.5 Å². The SMILES string of the molecule is O=C(Cc1ccc(-n2cccn2)cc1)N1CCn2c(nn(CC(F)F)c2=O)C1. The van der Waals surface area contributed by atoms with Gasteiger partial charge in [0, 0.05) is 25.5 Å². The van der Waals surface area contributed by atoms with E-state index < -0.39 is 18.7 Å². The fourth-order valence-corrected chi connectivity index (χ4v) is 3.24. The molecule has 0 spiro atoms. The number of nitrogens with zero attached hydrogens (tertiary/aromatic N) is 6. The standard InChI is InChI=1S/C18H18F2N6O2/c19-15(20)11-26-18(28)24-9-8-23(12-16(24)22-26)17(27)10-13-2-4-14(5-3-13)25-7-1-6-21-25/h1-7,15H,8-12H2. The minimum atomic E-state index is -2.66. The Bertz CT molecular complexity index is 1020. The van der Waals surface area contributed by atoms with Gasteiger partial charge in [-0.25, -0.2) is 22.9 Å². The van der Waals surface area contributed by atoms with E-state index in [4.69, 9.17) is 0 Å². The van der Waals surface area contributed by atoms with Gasteiger partial charge in [0.1, 0.15) is 6.54 Å². The highest BCUT2D eigenvalue weighted by atomic mass is 19.3. The molecule has 0 fully saturated rings. The predicted octanol–water partition coefficient (Wildman–Crippen LogP) is 1.08. The zero-order valence-corrected chi connectivity index (χ0v) is 14.9. The number of hydrogen-bond acceptors (Lipinski definition) is 4. The topological polar surface area (TPSA) is 78.0 Å². The Labute approximate surface area is 158 Å². The molecule has 0 atom stereocenters. The Kier molecular flexibility index (Phi) is 4.76. The van der Waals surface area contributed by atoms with Gasteiger partial charge in [-0.1, -0.05) is 12.1 Å². The highest BCUT2D eigenvalue weighted by molar-refractivity contribution is 5.78. The monoisotopic (exact) mass is 388 g/mol. The van der Waals surface area contributed by atoms with Crippen LogP contribution in [0.5, 0.6) is 0 Å². The van der Waals surface area contributed by atoms with E-state index in [0.29, 0.717) is 12.4 Å². The normalized spacial score (nSPS) is 13.8. The largest absolute Gasteiger partial charge is 0.346 e. The summed E-state index contributed by atoms with van der Waals surface area (Å²) in [5.74, 6) is 0.230. The zero-order valence-electron chi connectivity index (χ0n) is 14.9. The van der Waals surface area contributed by atoms with Gasteiger partial charge in [-0.3, -0.25) is 9.36 Å². The highest BCUT2D eigenvalue weighted by Gasteiger charge is 2.25. The molecule has 146 valence electrons. The van der Waals surface area contributed by atoms with E-state index in [-0.39, 0.29) is 25.4 Å². The van der Waals surface area contributed by atoms with Crippen LogP contribution in [0.2, 0.25) is 0 Å². The maximum absolute atomic E-state index is 12.6. The van der Waals surface area contributed by atoms with E-state index >= 15 is 0 Å². The predicted molar refractivity (Wildman–Crippen MR) is 95.2 cm³/mol. The smallest absolute Gasteiger partial charge is 0.333 e. The van der Waals surface area contributed by atoms with Crippen LogP contribution < -0.4 is 5.69 Å². The van der Waals surface area contributed by atoms with E-state index in [9.17, 15) is 18.4 Å². The van der Waals surface area contributed by atoms with E-state index in [1.165, 1.54) is 4.57 Å². The lowest BCUT2D eigenvalue weighted by atomic mass is 10.1. The van der Waals surface area contributed by atoms with Crippen molar-refractivity contribution in [1.82, 2.24) is 29.0 Å². The number of aromatic nitrogens is 5. The minimum absolute atomic E-state index is 0.103. The molecule has 0 unspecified atom stereocenters. The molecule has 0 bridgehead atoms. The van der Waals surface area contributed by atoms with Gasteiger partial charge in [-0.2, -0.15) is 10.2 Å². The van der Waals surface area contributed by atoms with Crippen LogP contribution >= 0.6 is 0 Å². The molecule has 1 amide bonds. The van der Waals surface area contributed by atoms with Gasteiger partial charge < -0.3 is 4.90 Å². The summed E-state index contributed by atoms with van der Waals surface area (Å²) in [6.07, 6.45) is 1.08. The first-order valence-corrected chi connectivity index (χ1v) is 8.82. The highest BCUT2D eigenvalue weighted by Crippen LogP contribution is 2.13. The third-order valence-electron chi connectivity index (χ3n) is 4.65. The van der Waals surface area contributed by atoms with Gasteiger partial charge in [-0.15, -0.1) is 0 Å². The number of carbonyl (C=O) groups excluding carboxylic acids is 1. The number of fused-ring (bicyclic) bond motifs is 1. The van der Waals surface area contributed by atoms with Crippen molar-refractivity contribution in [2.75, 3.05) is 6.54 Å². The molecule has 0 saturated heterocycles. The summed E-state index contributed by atoms with van der Waals surface area (Å²) in [6.45, 7) is -0.00999. The Morgan fingerprint density at radius 3 is 2.64 bits per heavy atom. The third-order valence-corrected chi connectivity index (χ3v) is 4.65. The van der Waals surface area contributed by atoms with Crippen molar-refractivity contribution in [3.8, 4) is 5.69 Å². The Hall–Kier alpha value is -3.30. The minimum Gasteiger partial charge on any atom is -0.333 e. The van der Waals surface area contributed by atoms with Crippen molar-refractivity contribution in [3.05, 3.63) is 64.6 Å². The van der Waals surface area contributed by atoms with Crippen molar-refractivity contribution in [2.45, 2.75) is 32.5 Å². The lowest BCUT2D eigenvalue weighted by Gasteiger charge is -2.26. The van der Waals surface area contributed by atoms with Gasteiger partial charge in [0.05, 0.1) is 18.7 Å². The number of alkyl halides is 2. The van der Waals surface area contributed by atoms with E-state index in [1.54, 1.807) is 15.8 Å². The number of carbonyl (C=O) groups is 1. The van der Waals surface area contributed by atoms with Gasteiger partial charge in [-0.05, 0) is 23.8 Å². The van der Waals surface area contributed by atoms with Crippen molar-refractivity contribution >= 4 is 5.91 Å². The molecule has 1 aromatic carbocycles. The molecule has 28 heavy (non-hydrogen) atoms. The third kappa shape index (κ3) is 3.57. The molecular weight excluding hydrogens is 370 g/mol. The summed E-state index contributed by atoms with van der Waals surface area (Å²) in [5.41, 5.74) is 1.19. The van der Waals surface area contributed by atoms with Crippen LogP contribution in [0, 0.1) is 0 Å². The van der Waals surface area contributed by atoms with Crippen LogP contribution in [-0.2, 0) is 30.8 Å². The first-order chi connectivity index (χ1) is 13.5. The number of hydrogen-bond donors (Lipinski definition) is 0. The molecule has 0 saturated carbocycles. The van der Waals surface area contributed by atoms with Crippen molar-refractivity contribution in [2.24, 2.45) is 0 Å². The lowest BCUT2D eigenvalue weighted by molar-refractivity contribution is -0.132. The summed E-state index contributed by atoms with van der Waals surface area (Å²) in [4.78, 5) is 26.3. The molecule has 3 aromatic rings. The summed E-state index contributed by atoms with van der Waals surface area (Å²) in [6, 6.07) is 9.33. The van der Waals surface area contributed by atoms with Crippen LogP contribution in [0.25, 0.3) is 5.69 Å². The average molecular weight is 388 g/mol. The summed E-state index contributed by atoms with van der Waals surface area (Å²) in [5, 5.41) is 8.11. The molecule has 3 heterocycles. The average Bonchev–Trinajstić information content (AvgIpc) is 3.31. The summed E-state index contributed by atoms with van der Waals surface area (Å²) in [7, 11) is 0. The number of halogens is 2. The molecule has 0 aliphatic carbocycles. The maximum Gasteiger partial charge on any atom is 0.346 e. The first kappa shape index (κ1) is 18.1. The van der Waals surface area contributed by atoms with Crippen LogP contribution in [0.4, 0.5) is 8.78 Å². The fourth-order valence-electron chi connectivity index (χ4n) is 3.24. The molecule has 0 radical (unpaired) electrons. The molecule has 2 aromatic heterocycles. The zero-order chi connectivity index (χ0) is 19.7. The van der Waals surface area contributed by atoms with Crippen molar-refractivity contribution in [1.29, 1.82) is 0 Å². The molecule has 8 nitrogen and oxygen atoms in total. The van der Waals surface area contributed by atoms with E-state index in [0.717, 1.165) is 15.9 Å². The van der Waals surface area contributed by atoms with Gasteiger partial charge >= 0.3 is 5.69 Å². The number of rotatable bonds is 5. The fraction of sp³-hybridized carbons (Fsp3) is 0.333. The Morgan fingerprint density at radius 1 is 1.18 bits per heavy atom. The van der Waals surface area contributed by atoms with Crippen LogP contribution in [0.1, 0.15) is 11.4 Å². The number of amides is 1. The van der Waals surface area contributed by atoms with Gasteiger partial charge in [0.15, 0.2) is 5.82 Å². The van der Waals surface area contributed by atoms with Gasteiger partial charge in [0.25, 0.3) is 6.43 Å². The quantitative estimate of drug-likeness (QED) is 0.655.